The Hall–Kier alpha value is -3.54. The highest BCUT2D eigenvalue weighted by atomic mass is 19.1. The second-order valence-electron chi connectivity index (χ2n) is 6.69. The van der Waals surface area contributed by atoms with Crippen LogP contribution in [-0.2, 0) is 0 Å². The van der Waals surface area contributed by atoms with Crippen LogP contribution < -0.4 is 0 Å². The van der Waals surface area contributed by atoms with Crippen molar-refractivity contribution in [3.8, 4) is 11.3 Å². The third-order valence-corrected chi connectivity index (χ3v) is 4.91. The standard InChI is InChI=1S/C22H19FN4O/c1-15(17-4-3-11-24-12-17)26(2)22(28)18-7-10-21-25-20(14-27(21)13-18)16-5-8-19(23)9-6-16/h3-15H,1-2H3. The van der Waals surface area contributed by atoms with Crippen molar-refractivity contribution >= 4 is 11.6 Å². The average Bonchev–Trinajstić information content (AvgIpc) is 3.16. The van der Waals surface area contributed by atoms with E-state index in [9.17, 15) is 9.18 Å². The Morgan fingerprint density at radius 1 is 1.11 bits per heavy atom. The van der Waals surface area contributed by atoms with E-state index in [1.807, 2.05) is 35.7 Å². The van der Waals surface area contributed by atoms with Crippen LogP contribution in [0.5, 0.6) is 0 Å². The van der Waals surface area contributed by atoms with Gasteiger partial charge in [-0.05, 0) is 55.0 Å². The number of amides is 1. The Bertz CT molecular complexity index is 1120. The molecule has 1 amide bonds. The smallest absolute Gasteiger partial charge is 0.255 e. The number of aromatic nitrogens is 3. The number of benzene rings is 1. The van der Waals surface area contributed by atoms with Gasteiger partial charge >= 0.3 is 0 Å². The first-order chi connectivity index (χ1) is 13.5. The molecule has 0 aliphatic carbocycles. The molecule has 1 unspecified atom stereocenters. The zero-order valence-electron chi connectivity index (χ0n) is 15.6. The Labute approximate surface area is 162 Å². The van der Waals surface area contributed by atoms with Gasteiger partial charge in [0.1, 0.15) is 11.5 Å². The number of rotatable bonds is 4. The van der Waals surface area contributed by atoms with Crippen LogP contribution in [0.2, 0.25) is 0 Å². The molecule has 3 aromatic heterocycles. The van der Waals surface area contributed by atoms with E-state index in [1.165, 1.54) is 12.1 Å². The number of carbonyl (C=O) groups excluding carboxylic acids is 1. The van der Waals surface area contributed by atoms with Crippen molar-refractivity contribution < 1.29 is 9.18 Å². The van der Waals surface area contributed by atoms with Gasteiger partial charge in [-0.25, -0.2) is 9.37 Å². The lowest BCUT2D eigenvalue weighted by molar-refractivity contribution is 0.0742. The van der Waals surface area contributed by atoms with Crippen molar-refractivity contribution in [3.05, 3.63) is 90.3 Å². The fourth-order valence-electron chi connectivity index (χ4n) is 3.10. The molecule has 4 rings (SSSR count). The van der Waals surface area contributed by atoms with Crippen LogP contribution in [0.25, 0.3) is 16.9 Å². The summed E-state index contributed by atoms with van der Waals surface area (Å²) in [6.07, 6.45) is 7.08. The van der Waals surface area contributed by atoms with Gasteiger partial charge in [0.15, 0.2) is 0 Å². The maximum absolute atomic E-state index is 13.1. The number of hydrogen-bond acceptors (Lipinski definition) is 3. The first-order valence-corrected chi connectivity index (χ1v) is 8.95. The first-order valence-electron chi connectivity index (χ1n) is 8.95. The van der Waals surface area contributed by atoms with E-state index >= 15 is 0 Å². The quantitative estimate of drug-likeness (QED) is 0.533. The topological polar surface area (TPSA) is 50.5 Å². The van der Waals surface area contributed by atoms with E-state index in [-0.39, 0.29) is 17.8 Å². The summed E-state index contributed by atoms with van der Waals surface area (Å²) in [6.45, 7) is 1.97. The number of imidazole rings is 1. The minimum absolute atomic E-state index is 0.0877. The molecule has 6 heteroatoms. The lowest BCUT2D eigenvalue weighted by Gasteiger charge is -2.25. The first kappa shape index (κ1) is 17.9. The molecule has 1 atom stereocenters. The Morgan fingerprint density at radius 3 is 2.61 bits per heavy atom. The number of carbonyl (C=O) groups is 1. The van der Waals surface area contributed by atoms with Gasteiger partial charge in [-0.3, -0.25) is 9.78 Å². The summed E-state index contributed by atoms with van der Waals surface area (Å²) < 4.78 is 15.0. The monoisotopic (exact) mass is 374 g/mol. The molecule has 0 saturated heterocycles. The van der Waals surface area contributed by atoms with Crippen LogP contribution in [0.4, 0.5) is 4.39 Å². The highest BCUT2D eigenvalue weighted by Crippen LogP contribution is 2.22. The van der Waals surface area contributed by atoms with Crippen molar-refractivity contribution in [1.29, 1.82) is 0 Å². The Kier molecular flexibility index (Phi) is 4.61. The molecule has 28 heavy (non-hydrogen) atoms. The van der Waals surface area contributed by atoms with Crippen LogP contribution in [0, 0.1) is 5.82 Å². The summed E-state index contributed by atoms with van der Waals surface area (Å²) >= 11 is 0. The molecule has 0 fully saturated rings. The third kappa shape index (κ3) is 3.36. The maximum atomic E-state index is 13.1. The number of halogens is 1. The molecule has 0 saturated carbocycles. The van der Waals surface area contributed by atoms with E-state index in [0.29, 0.717) is 5.56 Å². The van der Waals surface area contributed by atoms with E-state index in [4.69, 9.17) is 0 Å². The molecule has 0 radical (unpaired) electrons. The lowest BCUT2D eigenvalue weighted by Crippen LogP contribution is -2.29. The second kappa shape index (κ2) is 7.23. The van der Waals surface area contributed by atoms with E-state index in [2.05, 4.69) is 9.97 Å². The maximum Gasteiger partial charge on any atom is 0.255 e. The van der Waals surface area contributed by atoms with Gasteiger partial charge in [-0.2, -0.15) is 0 Å². The van der Waals surface area contributed by atoms with Gasteiger partial charge in [0.2, 0.25) is 0 Å². The zero-order valence-corrected chi connectivity index (χ0v) is 15.6. The molecule has 3 heterocycles. The second-order valence-corrected chi connectivity index (χ2v) is 6.69. The number of hydrogen-bond donors (Lipinski definition) is 0. The molecule has 0 spiro atoms. The highest BCUT2D eigenvalue weighted by Gasteiger charge is 2.19. The summed E-state index contributed by atoms with van der Waals surface area (Å²) in [5.74, 6) is -0.374. The van der Waals surface area contributed by atoms with E-state index in [1.54, 1.807) is 48.7 Å². The largest absolute Gasteiger partial charge is 0.335 e. The highest BCUT2D eigenvalue weighted by molar-refractivity contribution is 5.94. The lowest BCUT2D eigenvalue weighted by atomic mass is 10.1. The van der Waals surface area contributed by atoms with Crippen molar-refractivity contribution in [2.24, 2.45) is 0 Å². The molecule has 4 aromatic rings. The summed E-state index contributed by atoms with van der Waals surface area (Å²) in [5, 5.41) is 0. The van der Waals surface area contributed by atoms with Gasteiger partial charge in [0.05, 0.1) is 17.3 Å². The number of pyridine rings is 2. The number of nitrogens with zero attached hydrogens (tertiary/aromatic N) is 4. The van der Waals surface area contributed by atoms with Crippen molar-refractivity contribution in [2.75, 3.05) is 7.05 Å². The minimum Gasteiger partial charge on any atom is -0.335 e. The van der Waals surface area contributed by atoms with Gasteiger partial charge < -0.3 is 9.30 Å². The van der Waals surface area contributed by atoms with Gasteiger partial charge in [0, 0.05) is 37.4 Å². The molecule has 5 nitrogen and oxygen atoms in total. The molecule has 1 aromatic carbocycles. The average molecular weight is 374 g/mol. The number of fused-ring (bicyclic) bond motifs is 1. The SMILES string of the molecule is CC(c1cccnc1)N(C)C(=O)c1ccc2nc(-c3ccc(F)cc3)cn2c1. The molecule has 0 aliphatic heterocycles. The summed E-state index contributed by atoms with van der Waals surface area (Å²) in [7, 11) is 1.78. The molecule has 0 bridgehead atoms. The molecule has 0 aliphatic rings. The summed E-state index contributed by atoms with van der Waals surface area (Å²) in [5.41, 5.74) is 3.80. The van der Waals surface area contributed by atoms with Crippen LogP contribution in [0.3, 0.4) is 0 Å². The Balaban J connectivity index is 1.62. The summed E-state index contributed by atoms with van der Waals surface area (Å²) in [6, 6.07) is 13.5. The van der Waals surface area contributed by atoms with E-state index in [0.717, 1.165) is 22.5 Å². The zero-order chi connectivity index (χ0) is 19.7. The van der Waals surface area contributed by atoms with Crippen LogP contribution in [-0.4, -0.2) is 32.2 Å². The third-order valence-electron chi connectivity index (χ3n) is 4.91. The van der Waals surface area contributed by atoms with Gasteiger partial charge in [-0.15, -0.1) is 0 Å². The van der Waals surface area contributed by atoms with Crippen LogP contribution in [0.1, 0.15) is 28.9 Å². The van der Waals surface area contributed by atoms with Crippen molar-refractivity contribution in [3.63, 3.8) is 0 Å². The Morgan fingerprint density at radius 2 is 1.89 bits per heavy atom. The van der Waals surface area contributed by atoms with Gasteiger partial charge in [0.25, 0.3) is 5.91 Å². The normalized spacial score (nSPS) is 12.1. The summed E-state index contributed by atoms with van der Waals surface area (Å²) in [4.78, 5) is 23.3. The van der Waals surface area contributed by atoms with Crippen molar-refractivity contribution in [2.45, 2.75) is 13.0 Å². The minimum atomic E-state index is -0.286. The van der Waals surface area contributed by atoms with Gasteiger partial charge in [-0.1, -0.05) is 6.07 Å². The van der Waals surface area contributed by atoms with Crippen LogP contribution in [0.15, 0.2) is 73.3 Å². The molecule has 0 N–H and O–H groups in total. The van der Waals surface area contributed by atoms with E-state index < -0.39 is 0 Å². The predicted octanol–water partition coefficient (Wildman–Crippen LogP) is 4.37. The van der Waals surface area contributed by atoms with Crippen molar-refractivity contribution in [1.82, 2.24) is 19.3 Å². The fourth-order valence-corrected chi connectivity index (χ4v) is 3.10. The predicted molar refractivity (Wildman–Crippen MR) is 105 cm³/mol. The molecule has 140 valence electrons. The van der Waals surface area contributed by atoms with Crippen LogP contribution >= 0.6 is 0 Å². The fraction of sp³-hybridized carbons (Fsp3) is 0.136. The molecular weight excluding hydrogens is 355 g/mol. The molecular formula is C22H19FN4O.